The van der Waals surface area contributed by atoms with Crippen LogP contribution in [-0.4, -0.2) is 68.3 Å². The zero-order valence-corrected chi connectivity index (χ0v) is 14.3. The molecule has 0 bridgehead atoms. The molecule has 2 fully saturated rings. The maximum absolute atomic E-state index is 6.05. The number of piperazine rings is 1. The number of ether oxygens (including phenoxy) is 1. The monoisotopic (exact) mass is 316 g/mol. The topological polar surface area (TPSA) is 45.0 Å². The summed E-state index contributed by atoms with van der Waals surface area (Å²) in [6.07, 6.45) is 2.60. The number of likely N-dealkylation sites (tertiary alicyclic amines) is 1. The van der Waals surface area contributed by atoms with Crippen LogP contribution in [0.2, 0.25) is 0 Å². The van der Waals surface area contributed by atoms with E-state index < -0.39 is 0 Å². The Morgan fingerprint density at radius 1 is 1.09 bits per heavy atom. The van der Waals surface area contributed by atoms with Gasteiger partial charge in [0.05, 0.1) is 11.7 Å². The zero-order chi connectivity index (χ0) is 16.0. The number of rotatable bonds is 1. The summed E-state index contributed by atoms with van der Waals surface area (Å²) < 4.78 is 6.05. The molecule has 2 N–H and O–H groups in total. The lowest BCUT2D eigenvalue weighted by Gasteiger charge is -2.49. The Balaban J connectivity index is 1.50. The fourth-order valence-electron chi connectivity index (χ4n) is 4.45. The van der Waals surface area contributed by atoms with Crippen LogP contribution in [0.25, 0.3) is 0 Å². The Bertz CT molecular complexity index is 583. The van der Waals surface area contributed by atoms with Crippen LogP contribution >= 0.6 is 0 Å². The molecule has 0 spiro atoms. The highest BCUT2D eigenvalue weighted by atomic mass is 16.5. The minimum atomic E-state index is 0.471. The summed E-state index contributed by atoms with van der Waals surface area (Å²) in [5.74, 6) is 0.964. The minimum Gasteiger partial charge on any atom is -0.489 e. The van der Waals surface area contributed by atoms with Gasteiger partial charge in [-0.05, 0) is 51.5 Å². The van der Waals surface area contributed by atoms with Gasteiger partial charge in [-0.2, -0.15) is 0 Å². The lowest BCUT2D eigenvalue weighted by atomic mass is 9.99. The molecule has 2 saturated heterocycles. The number of benzene rings is 1. The minimum absolute atomic E-state index is 0.471. The van der Waals surface area contributed by atoms with Crippen LogP contribution in [0.4, 0.5) is 11.4 Å². The number of piperidine rings is 1. The zero-order valence-electron chi connectivity index (χ0n) is 14.3. The van der Waals surface area contributed by atoms with Gasteiger partial charge in [0.1, 0.15) is 12.4 Å². The standard InChI is InChI=1S/C18H28N4O/c1-13-9-14(19)10-17-18(13)22-8-7-21(11-16(22)12-23-17)15-3-5-20(2)6-4-15/h9-10,15-16H,3-8,11-12,19H2,1-2H3/t16-/m1/s1. The number of anilines is 2. The van der Waals surface area contributed by atoms with Crippen molar-refractivity contribution in [2.75, 3.05) is 57.0 Å². The van der Waals surface area contributed by atoms with Crippen molar-refractivity contribution < 1.29 is 4.74 Å². The summed E-state index contributed by atoms with van der Waals surface area (Å²) in [7, 11) is 2.23. The van der Waals surface area contributed by atoms with Crippen molar-refractivity contribution in [1.82, 2.24) is 9.80 Å². The molecule has 0 saturated carbocycles. The highest BCUT2D eigenvalue weighted by Crippen LogP contribution is 2.40. The third-order valence-corrected chi connectivity index (χ3v) is 5.72. The summed E-state index contributed by atoms with van der Waals surface area (Å²) >= 11 is 0. The molecule has 0 unspecified atom stereocenters. The Morgan fingerprint density at radius 2 is 1.87 bits per heavy atom. The molecular weight excluding hydrogens is 288 g/mol. The predicted octanol–water partition coefficient (Wildman–Crippen LogP) is 1.55. The molecule has 3 heterocycles. The van der Waals surface area contributed by atoms with Crippen molar-refractivity contribution in [2.24, 2.45) is 0 Å². The smallest absolute Gasteiger partial charge is 0.145 e. The summed E-state index contributed by atoms with van der Waals surface area (Å²) in [5, 5.41) is 0. The first-order valence-corrected chi connectivity index (χ1v) is 8.84. The number of fused-ring (bicyclic) bond motifs is 3. The summed E-state index contributed by atoms with van der Waals surface area (Å²) in [5.41, 5.74) is 9.26. The molecule has 3 aliphatic heterocycles. The van der Waals surface area contributed by atoms with Crippen LogP contribution in [0.1, 0.15) is 18.4 Å². The van der Waals surface area contributed by atoms with Crippen LogP contribution in [0.3, 0.4) is 0 Å². The van der Waals surface area contributed by atoms with E-state index in [9.17, 15) is 0 Å². The van der Waals surface area contributed by atoms with Crippen molar-refractivity contribution in [2.45, 2.75) is 31.8 Å². The lowest BCUT2D eigenvalue weighted by molar-refractivity contribution is 0.0867. The molecular formula is C18H28N4O. The molecule has 126 valence electrons. The highest BCUT2D eigenvalue weighted by molar-refractivity contribution is 5.70. The van der Waals surface area contributed by atoms with Crippen LogP contribution in [0.15, 0.2) is 12.1 Å². The molecule has 4 rings (SSSR count). The van der Waals surface area contributed by atoms with E-state index in [2.05, 4.69) is 34.7 Å². The van der Waals surface area contributed by atoms with Crippen molar-refractivity contribution in [3.05, 3.63) is 17.7 Å². The molecule has 0 aliphatic carbocycles. The first kappa shape index (κ1) is 15.1. The number of nitrogens with zero attached hydrogens (tertiary/aromatic N) is 3. The quantitative estimate of drug-likeness (QED) is 0.797. The first-order chi connectivity index (χ1) is 11.1. The molecule has 0 aromatic heterocycles. The predicted molar refractivity (Wildman–Crippen MR) is 94.3 cm³/mol. The number of aryl methyl sites for hydroxylation is 1. The van der Waals surface area contributed by atoms with Gasteiger partial charge in [0, 0.05) is 37.4 Å². The second kappa shape index (κ2) is 5.87. The van der Waals surface area contributed by atoms with Crippen molar-refractivity contribution in [1.29, 1.82) is 0 Å². The van der Waals surface area contributed by atoms with E-state index in [1.807, 2.05) is 6.07 Å². The Hall–Kier alpha value is -1.46. The third kappa shape index (κ3) is 2.76. The van der Waals surface area contributed by atoms with E-state index >= 15 is 0 Å². The first-order valence-electron chi connectivity index (χ1n) is 8.84. The Morgan fingerprint density at radius 3 is 2.65 bits per heavy atom. The summed E-state index contributed by atoms with van der Waals surface area (Å²) in [6.45, 7) is 8.76. The van der Waals surface area contributed by atoms with Crippen LogP contribution in [0, 0.1) is 6.92 Å². The fraction of sp³-hybridized carbons (Fsp3) is 0.667. The molecule has 5 nitrogen and oxygen atoms in total. The molecule has 23 heavy (non-hydrogen) atoms. The highest BCUT2D eigenvalue weighted by Gasteiger charge is 2.36. The number of nitrogens with two attached hydrogens (primary N) is 1. The SMILES string of the molecule is Cc1cc(N)cc2c1N1CCN(C3CCN(C)CC3)C[C@@H]1CO2. The van der Waals surface area contributed by atoms with Gasteiger partial charge in [-0.15, -0.1) is 0 Å². The van der Waals surface area contributed by atoms with Gasteiger partial charge in [0.15, 0.2) is 0 Å². The van der Waals surface area contributed by atoms with Gasteiger partial charge in [-0.1, -0.05) is 0 Å². The maximum Gasteiger partial charge on any atom is 0.145 e. The van der Waals surface area contributed by atoms with E-state index in [-0.39, 0.29) is 0 Å². The normalized spacial score (nSPS) is 26.5. The Kier molecular flexibility index (Phi) is 3.85. The van der Waals surface area contributed by atoms with Crippen LogP contribution in [-0.2, 0) is 0 Å². The van der Waals surface area contributed by atoms with Gasteiger partial charge >= 0.3 is 0 Å². The van der Waals surface area contributed by atoms with Crippen molar-refractivity contribution in [3.8, 4) is 5.75 Å². The van der Waals surface area contributed by atoms with Crippen molar-refractivity contribution >= 4 is 11.4 Å². The molecule has 0 radical (unpaired) electrons. The molecule has 5 heteroatoms. The number of nitrogen functional groups attached to an aromatic ring is 1. The van der Waals surface area contributed by atoms with Gasteiger partial charge < -0.3 is 20.3 Å². The number of hydrogen-bond donors (Lipinski definition) is 1. The average Bonchev–Trinajstić information content (AvgIpc) is 2.54. The van der Waals surface area contributed by atoms with E-state index in [1.54, 1.807) is 0 Å². The molecule has 3 aliphatic rings. The van der Waals surface area contributed by atoms with Gasteiger partial charge in [-0.25, -0.2) is 0 Å². The van der Waals surface area contributed by atoms with E-state index in [0.717, 1.165) is 43.7 Å². The van der Waals surface area contributed by atoms with Crippen molar-refractivity contribution in [3.63, 3.8) is 0 Å². The second-order valence-electron chi connectivity index (χ2n) is 7.37. The average molecular weight is 316 g/mol. The lowest BCUT2D eigenvalue weighted by Crippen LogP contribution is -2.60. The summed E-state index contributed by atoms with van der Waals surface area (Å²) in [4.78, 5) is 7.70. The van der Waals surface area contributed by atoms with E-state index in [1.165, 1.54) is 37.2 Å². The van der Waals surface area contributed by atoms with Gasteiger partial charge in [-0.3, -0.25) is 4.90 Å². The van der Waals surface area contributed by atoms with E-state index in [0.29, 0.717) is 6.04 Å². The van der Waals surface area contributed by atoms with Crippen LogP contribution in [0.5, 0.6) is 5.75 Å². The van der Waals surface area contributed by atoms with Gasteiger partial charge in [0.2, 0.25) is 0 Å². The molecule has 1 aromatic carbocycles. The summed E-state index contributed by atoms with van der Waals surface area (Å²) in [6, 6.07) is 5.26. The third-order valence-electron chi connectivity index (χ3n) is 5.72. The maximum atomic E-state index is 6.05. The molecule has 1 aromatic rings. The fourth-order valence-corrected chi connectivity index (χ4v) is 4.45. The second-order valence-corrected chi connectivity index (χ2v) is 7.37. The number of hydrogen-bond acceptors (Lipinski definition) is 5. The molecule has 0 amide bonds. The van der Waals surface area contributed by atoms with Gasteiger partial charge in [0.25, 0.3) is 0 Å². The Labute approximate surface area is 139 Å². The molecule has 1 atom stereocenters. The van der Waals surface area contributed by atoms with Crippen LogP contribution < -0.4 is 15.4 Å². The largest absolute Gasteiger partial charge is 0.489 e. The van der Waals surface area contributed by atoms with E-state index in [4.69, 9.17) is 10.5 Å².